The van der Waals surface area contributed by atoms with Gasteiger partial charge in [-0.05, 0) is 25.7 Å². The number of ether oxygens (including phenoxy) is 4. The zero-order valence-corrected chi connectivity index (χ0v) is 36.9. The average Bonchev–Trinajstić information content (AvgIpc) is 3.42. The highest BCUT2D eigenvalue weighted by molar-refractivity contribution is 5.77. The van der Waals surface area contributed by atoms with Crippen molar-refractivity contribution in [3.63, 3.8) is 0 Å². The Morgan fingerprint density at radius 2 is 0.574 bits per heavy atom. The van der Waals surface area contributed by atoms with E-state index in [9.17, 15) is 4.79 Å². The Morgan fingerprint density at radius 3 is 0.833 bits per heavy atom. The fourth-order valence-corrected chi connectivity index (χ4v) is 7.47. The summed E-state index contributed by atoms with van der Waals surface area (Å²) in [5.41, 5.74) is 0. The lowest BCUT2D eigenvalue weighted by atomic mass is 10.0. The van der Waals surface area contributed by atoms with Crippen molar-refractivity contribution in [2.45, 2.75) is 258 Å². The first kappa shape index (κ1) is 51.1. The van der Waals surface area contributed by atoms with Crippen LogP contribution in [0.4, 0.5) is 4.79 Å². The van der Waals surface area contributed by atoms with Crippen LogP contribution in [-0.2, 0) is 18.9 Å². The molecule has 322 valence electrons. The maximum Gasteiger partial charge on any atom is 0.328 e. The summed E-state index contributed by atoms with van der Waals surface area (Å²) >= 11 is 0. The second-order valence-electron chi connectivity index (χ2n) is 16.4. The van der Waals surface area contributed by atoms with Gasteiger partial charge in [-0.1, -0.05) is 220 Å². The van der Waals surface area contributed by atoms with Crippen LogP contribution in [0, 0.1) is 0 Å². The van der Waals surface area contributed by atoms with E-state index in [1.807, 2.05) is 0 Å². The molecule has 7 nitrogen and oxygen atoms in total. The van der Waals surface area contributed by atoms with Crippen LogP contribution in [-0.4, -0.2) is 68.2 Å². The quantitative estimate of drug-likeness (QED) is 0.0578. The number of hydrogen-bond donors (Lipinski definition) is 0. The van der Waals surface area contributed by atoms with Gasteiger partial charge in [-0.15, -0.1) is 0 Å². The Balaban J connectivity index is 2.43. The smallest absolute Gasteiger partial charge is 0.328 e. The lowest BCUT2D eigenvalue weighted by molar-refractivity contribution is -0.161. The lowest BCUT2D eigenvalue weighted by Crippen LogP contribution is -2.43. The summed E-state index contributed by atoms with van der Waals surface area (Å²) in [4.78, 5) is 17.2. The molecular weight excluding hydrogens is 673 g/mol. The van der Waals surface area contributed by atoms with Crippen LogP contribution in [0.15, 0.2) is 0 Å². The molecule has 0 saturated carbocycles. The van der Waals surface area contributed by atoms with Gasteiger partial charge >= 0.3 is 6.03 Å². The van der Waals surface area contributed by atoms with Crippen molar-refractivity contribution in [1.82, 2.24) is 9.80 Å². The van der Waals surface area contributed by atoms with Crippen LogP contribution in [0.1, 0.15) is 246 Å². The minimum Gasteiger partial charge on any atom is -0.361 e. The first-order chi connectivity index (χ1) is 26.7. The molecule has 2 unspecified atom stereocenters. The molecule has 1 heterocycles. The molecule has 7 heteroatoms. The highest BCUT2D eigenvalue weighted by Crippen LogP contribution is 2.27. The van der Waals surface area contributed by atoms with Crippen molar-refractivity contribution >= 4 is 6.03 Å². The van der Waals surface area contributed by atoms with Crippen LogP contribution < -0.4 is 0 Å². The van der Waals surface area contributed by atoms with Gasteiger partial charge in [0.15, 0.2) is 12.5 Å². The summed E-state index contributed by atoms with van der Waals surface area (Å²) in [6.07, 6.45) is 43.4. The molecule has 1 rings (SSSR count). The highest BCUT2D eigenvalue weighted by Gasteiger charge is 2.47. The van der Waals surface area contributed by atoms with E-state index in [1.54, 1.807) is 9.80 Å². The van der Waals surface area contributed by atoms with Crippen molar-refractivity contribution in [3.8, 4) is 0 Å². The van der Waals surface area contributed by atoms with Crippen LogP contribution in [0.25, 0.3) is 0 Å². The van der Waals surface area contributed by atoms with Crippen molar-refractivity contribution in [1.29, 1.82) is 0 Å². The molecule has 1 aliphatic rings. The third-order valence-electron chi connectivity index (χ3n) is 11.2. The number of hydrogen-bond acceptors (Lipinski definition) is 5. The van der Waals surface area contributed by atoms with Crippen LogP contribution >= 0.6 is 0 Å². The molecule has 0 spiro atoms. The second-order valence-corrected chi connectivity index (χ2v) is 16.4. The minimum absolute atomic E-state index is 0.106. The lowest BCUT2D eigenvalue weighted by Gasteiger charge is -2.28. The van der Waals surface area contributed by atoms with Crippen LogP contribution in [0.2, 0.25) is 0 Å². The Morgan fingerprint density at radius 1 is 0.333 bits per heavy atom. The highest BCUT2D eigenvalue weighted by atomic mass is 16.6. The van der Waals surface area contributed by atoms with Gasteiger partial charge in [0.2, 0.25) is 0 Å². The Hall–Kier alpha value is -0.890. The van der Waals surface area contributed by atoms with E-state index in [-0.39, 0.29) is 19.5 Å². The molecule has 1 fully saturated rings. The van der Waals surface area contributed by atoms with E-state index in [1.165, 1.54) is 180 Å². The first-order valence-electron chi connectivity index (χ1n) is 24.2. The second kappa shape index (κ2) is 40.3. The molecule has 1 saturated heterocycles. The van der Waals surface area contributed by atoms with Crippen molar-refractivity contribution < 1.29 is 23.7 Å². The number of carbonyl (C=O) groups is 1. The minimum atomic E-state index is -0.475. The zero-order chi connectivity index (χ0) is 39.0. The van der Waals surface area contributed by atoms with Crippen LogP contribution in [0.5, 0.6) is 0 Å². The average molecular weight is 767 g/mol. The van der Waals surface area contributed by atoms with Gasteiger partial charge in [0.05, 0.1) is 0 Å². The van der Waals surface area contributed by atoms with Crippen molar-refractivity contribution in [2.24, 2.45) is 0 Å². The Bertz CT molecular complexity index is 710. The molecule has 2 amide bonds. The predicted octanol–water partition coefficient (Wildman–Crippen LogP) is 14.7. The zero-order valence-electron chi connectivity index (χ0n) is 36.9. The fourth-order valence-electron chi connectivity index (χ4n) is 7.47. The summed E-state index contributed by atoms with van der Waals surface area (Å²) in [5.74, 6) is 0. The van der Waals surface area contributed by atoms with E-state index < -0.39 is 12.5 Å². The summed E-state index contributed by atoms with van der Waals surface area (Å²) in [5, 5.41) is 0. The molecular formula is C47H94N2O5. The van der Waals surface area contributed by atoms with Gasteiger partial charge in [0.25, 0.3) is 0 Å². The number of amides is 2. The van der Waals surface area contributed by atoms with E-state index >= 15 is 0 Å². The van der Waals surface area contributed by atoms with E-state index in [0.29, 0.717) is 26.4 Å². The summed E-state index contributed by atoms with van der Waals surface area (Å²) in [6.45, 7) is 11.9. The van der Waals surface area contributed by atoms with Crippen LogP contribution in [0.3, 0.4) is 0 Å². The number of unbranched alkanes of at least 4 members (excludes halogenated alkanes) is 30. The van der Waals surface area contributed by atoms with Crippen molar-refractivity contribution in [2.75, 3.05) is 39.9 Å². The standard InChI is InChI=1S/C47H94N2O5/c1-5-9-13-15-17-19-21-23-25-27-29-31-33-35-37-41-53-45-46(49(44-52-40-12-8-4)47(50)48(45)43-51-39-11-7-3)54-42-38-36-34-32-30-28-26-24-22-20-18-16-14-10-6-2/h45-46H,5-44H2,1-4H3. The first-order valence-corrected chi connectivity index (χ1v) is 24.2. The Kier molecular flexibility index (Phi) is 38.2. The molecule has 2 atom stereocenters. The molecule has 0 aromatic heterocycles. The van der Waals surface area contributed by atoms with Gasteiger partial charge in [-0.2, -0.15) is 0 Å². The topological polar surface area (TPSA) is 60.5 Å². The van der Waals surface area contributed by atoms with Gasteiger partial charge in [0, 0.05) is 26.4 Å². The van der Waals surface area contributed by atoms with E-state index in [2.05, 4.69) is 27.7 Å². The molecule has 0 radical (unpaired) electrons. The molecule has 0 aromatic carbocycles. The number of rotatable bonds is 44. The SMILES string of the molecule is CCCCCCCCCCCCCCCCCOC1C(OCCCCCCCCCCCCCCCCC)N(COCCCC)C(=O)N1COCCCC. The summed E-state index contributed by atoms with van der Waals surface area (Å²) < 4.78 is 25.0. The van der Waals surface area contributed by atoms with Gasteiger partial charge < -0.3 is 18.9 Å². The largest absolute Gasteiger partial charge is 0.361 e. The van der Waals surface area contributed by atoms with Gasteiger partial charge in [-0.25, -0.2) is 4.79 Å². The monoisotopic (exact) mass is 767 g/mol. The maximum atomic E-state index is 13.7. The number of urea groups is 1. The van der Waals surface area contributed by atoms with Gasteiger partial charge in [0.1, 0.15) is 13.5 Å². The third kappa shape index (κ3) is 28.5. The molecule has 1 aliphatic heterocycles. The molecule has 0 bridgehead atoms. The Labute approximate surface area is 337 Å². The van der Waals surface area contributed by atoms with E-state index in [4.69, 9.17) is 18.9 Å². The third-order valence-corrected chi connectivity index (χ3v) is 11.2. The fraction of sp³-hybridized carbons (Fsp3) is 0.979. The van der Waals surface area contributed by atoms with Crippen molar-refractivity contribution in [3.05, 3.63) is 0 Å². The number of carbonyl (C=O) groups excluding carboxylic acids is 1. The number of nitrogens with zero attached hydrogens (tertiary/aromatic N) is 2. The molecule has 0 aromatic rings. The maximum absolute atomic E-state index is 13.7. The molecule has 0 aliphatic carbocycles. The summed E-state index contributed by atoms with van der Waals surface area (Å²) in [6, 6.07) is -0.106. The summed E-state index contributed by atoms with van der Waals surface area (Å²) in [7, 11) is 0. The normalized spacial score (nSPS) is 16.0. The van der Waals surface area contributed by atoms with Gasteiger partial charge in [-0.3, -0.25) is 9.80 Å². The van der Waals surface area contributed by atoms with E-state index in [0.717, 1.165) is 38.5 Å². The predicted molar refractivity (Wildman–Crippen MR) is 230 cm³/mol. The molecule has 0 N–H and O–H groups in total. The molecule has 54 heavy (non-hydrogen) atoms.